The first-order valence-corrected chi connectivity index (χ1v) is 9.45. The molecule has 28 heavy (non-hydrogen) atoms. The van der Waals surface area contributed by atoms with Gasteiger partial charge in [-0.1, -0.05) is 41.4 Å². The number of carbonyl (C=O) groups is 1. The molecule has 2 aromatic carbocycles. The number of hydrogen-bond acceptors (Lipinski definition) is 3. The summed E-state index contributed by atoms with van der Waals surface area (Å²) < 4.78 is 11.4. The van der Waals surface area contributed by atoms with E-state index >= 15 is 0 Å². The summed E-state index contributed by atoms with van der Waals surface area (Å²) in [4.78, 5) is 15.1. The number of furan rings is 2. The Morgan fingerprint density at radius 3 is 2.61 bits per heavy atom. The zero-order chi connectivity index (χ0) is 19.7. The van der Waals surface area contributed by atoms with Crippen molar-refractivity contribution in [1.29, 1.82) is 0 Å². The second kappa shape index (κ2) is 7.56. The summed E-state index contributed by atoms with van der Waals surface area (Å²) in [7, 11) is 0. The van der Waals surface area contributed by atoms with Gasteiger partial charge in [-0.3, -0.25) is 4.79 Å². The van der Waals surface area contributed by atoms with Crippen LogP contribution in [0.5, 0.6) is 0 Å². The maximum atomic E-state index is 13.4. The van der Waals surface area contributed by atoms with Crippen molar-refractivity contribution < 1.29 is 13.6 Å². The Labute approximate surface area is 168 Å². The molecule has 0 aliphatic heterocycles. The van der Waals surface area contributed by atoms with Gasteiger partial charge >= 0.3 is 0 Å². The fourth-order valence-corrected chi connectivity index (χ4v) is 3.50. The van der Waals surface area contributed by atoms with Crippen molar-refractivity contribution in [3.8, 4) is 0 Å². The maximum Gasteiger partial charge on any atom is 0.290 e. The molecule has 142 valence electrons. The van der Waals surface area contributed by atoms with E-state index in [4.69, 9.17) is 20.4 Å². The molecule has 4 aromatic rings. The molecule has 2 heterocycles. The van der Waals surface area contributed by atoms with Gasteiger partial charge in [0, 0.05) is 22.5 Å². The lowest BCUT2D eigenvalue weighted by Crippen LogP contribution is -2.30. The molecule has 0 saturated heterocycles. The number of amides is 1. The largest absolute Gasteiger partial charge is 0.467 e. The fraction of sp³-hybridized carbons (Fsp3) is 0.174. The van der Waals surface area contributed by atoms with E-state index in [1.165, 1.54) is 0 Å². The lowest BCUT2D eigenvalue weighted by atomic mass is 10.1. The molecule has 0 aliphatic carbocycles. The van der Waals surface area contributed by atoms with Crippen molar-refractivity contribution >= 4 is 28.5 Å². The minimum Gasteiger partial charge on any atom is -0.467 e. The minimum absolute atomic E-state index is 0.192. The van der Waals surface area contributed by atoms with Gasteiger partial charge < -0.3 is 13.7 Å². The van der Waals surface area contributed by atoms with E-state index in [0.717, 1.165) is 22.1 Å². The van der Waals surface area contributed by atoms with Crippen LogP contribution in [0.4, 0.5) is 0 Å². The highest BCUT2D eigenvalue weighted by Crippen LogP contribution is 2.28. The van der Waals surface area contributed by atoms with Gasteiger partial charge in [0.1, 0.15) is 11.3 Å². The second-order valence-electron chi connectivity index (χ2n) is 6.89. The van der Waals surface area contributed by atoms with Crippen LogP contribution in [0.2, 0.25) is 5.02 Å². The SMILES string of the molecule is Cc1ccc2oc(C(=O)N(Cc3ccco3)Cc3ccccc3Cl)c(C)c2c1. The number of carbonyl (C=O) groups excluding carboxylic acids is 1. The highest BCUT2D eigenvalue weighted by molar-refractivity contribution is 6.31. The van der Waals surface area contributed by atoms with E-state index in [2.05, 4.69) is 0 Å². The number of hydrogen-bond donors (Lipinski definition) is 0. The van der Waals surface area contributed by atoms with Gasteiger partial charge in [-0.25, -0.2) is 0 Å². The van der Waals surface area contributed by atoms with Crippen molar-refractivity contribution in [1.82, 2.24) is 4.90 Å². The van der Waals surface area contributed by atoms with Crippen LogP contribution in [0.1, 0.15) is 33.0 Å². The first kappa shape index (κ1) is 18.4. The van der Waals surface area contributed by atoms with Gasteiger partial charge in [-0.05, 0) is 49.7 Å². The van der Waals surface area contributed by atoms with Crippen LogP contribution in [0.15, 0.2) is 69.7 Å². The Balaban J connectivity index is 1.72. The van der Waals surface area contributed by atoms with Gasteiger partial charge in [0.05, 0.1) is 12.8 Å². The lowest BCUT2D eigenvalue weighted by molar-refractivity contribution is 0.0686. The number of aryl methyl sites for hydroxylation is 2. The summed E-state index contributed by atoms with van der Waals surface area (Å²) >= 11 is 6.33. The molecular formula is C23H20ClNO3. The van der Waals surface area contributed by atoms with E-state index in [9.17, 15) is 4.79 Å². The average Bonchev–Trinajstić information content (AvgIpc) is 3.31. The van der Waals surface area contributed by atoms with Crippen molar-refractivity contribution in [2.45, 2.75) is 26.9 Å². The predicted molar refractivity (Wildman–Crippen MR) is 109 cm³/mol. The molecule has 0 bridgehead atoms. The zero-order valence-electron chi connectivity index (χ0n) is 15.7. The summed E-state index contributed by atoms with van der Waals surface area (Å²) in [5.41, 5.74) is 3.54. The van der Waals surface area contributed by atoms with Crippen LogP contribution >= 0.6 is 11.6 Å². The smallest absolute Gasteiger partial charge is 0.290 e. The minimum atomic E-state index is -0.192. The Morgan fingerprint density at radius 2 is 1.86 bits per heavy atom. The van der Waals surface area contributed by atoms with Gasteiger partial charge in [-0.15, -0.1) is 0 Å². The molecular weight excluding hydrogens is 374 g/mol. The summed E-state index contributed by atoms with van der Waals surface area (Å²) in [5, 5.41) is 1.58. The third-order valence-corrected chi connectivity index (χ3v) is 5.19. The Bertz CT molecular complexity index is 1130. The molecule has 0 fully saturated rings. The van der Waals surface area contributed by atoms with E-state index in [-0.39, 0.29) is 5.91 Å². The number of nitrogens with zero attached hydrogens (tertiary/aromatic N) is 1. The molecule has 0 unspecified atom stereocenters. The van der Waals surface area contributed by atoms with Crippen molar-refractivity contribution in [2.24, 2.45) is 0 Å². The topological polar surface area (TPSA) is 46.6 Å². The molecule has 5 heteroatoms. The number of rotatable bonds is 5. The van der Waals surface area contributed by atoms with E-state index in [1.807, 2.05) is 68.4 Å². The first-order valence-electron chi connectivity index (χ1n) is 9.08. The van der Waals surface area contributed by atoms with Crippen LogP contribution in [0.25, 0.3) is 11.0 Å². The van der Waals surface area contributed by atoms with Gasteiger partial charge in [0.15, 0.2) is 5.76 Å². The van der Waals surface area contributed by atoms with Gasteiger partial charge in [0.25, 0.3) is 5.91 Å². The summed E-state index contributed by atoms with van der Waals surface area (Å²) in [6.07, 6.45) is 1.60. The van der Waals surface area contributed by atoms with Gasteiger partial charge in [0.2, 0.25) is 0 Å². The van der Waals surface area contributed by atoms with E-state index in [0.29, 0.717) is 35.2 Å². The molecule has 2 aromatic heterocycles. The van der Waals surface area contributed by atoms with E-state index in [1.54, 1.807) is 11.2 Å². The quantitative estimate of drug-likeness (QED) is 0.409. The van der Waals surface area contributed by atoms with Crippen LogP contribution < -0.4 is 0 Å². The fourth-order valence-electron chi connectivity index (χ4n) is 3.30. The molecule has 0 atom stereocenters. The third kappa shape index (κ3) is 3.56. The molecule has 0 saturated carbocycles. The number of halogens is 1. The predicted octanol–water partition coefficient (Wildman–Crippen LogP) is 6.14. The molecule has 4 rings (SSSR count). The Morgan fingerprint density at radius 1 is 1.04 bits per heavy atom. The standard InChI is InChI=1S/C23H20ClNO3/c1-15-9-10-21-19(12-15)16(2)22(28-21)23(26)25(14-18-7-5-11-27-18)13-17-6-3-4-8-20(17)24/h3-12H,13-14H2,1-2H3. The first-order chi connectivity index (χ1) is 13.5. The Kier molecular flexibility index (Phi) is 4.97. The highest BCUT2D eigenvalue weighted by Gasteiger charge is 2.25. The summed E-state index contributed by atoms with van der Waals surface area (Å²) in [6, 6.07) is 17.1. The third-order valence-electron chi connectivity index (χ3n) is 4.82. The van der Waals surface area contributed by atoms with Crippen LogP contribution in [-0.2, 0) is 13.1 Å². The van der Waals surface area contributed by atoms with E-state index < -0.39 is 0 Å². The Hall–Kier alpha value is -2.98. The van der Waals surface area contributed by atoms with Crippen molar-refractivity contribution in [2.75, 3.05) is 0 Å². The second-order valence-corrected chi connectivity index (χ2v) is 7.29. The number of benzene rings is 2. The molecule has 1 amide bonds. The molecule has 0 N–H and O–H groups in total. The maximum absolute atomic E-state index is 13.4. The lowest BCUT2D eigenvalue weighted by Gasteiger charge is -2.21. The van der Waals surface area contributed by atoms with Gasteiger partial charge in [-0.2, -0.15) is 0 Å². The van der Waals surface area contributed by atoms with Crippen molar-refractivity contribution in [3.05, 3.63) is 94.1 Å². The van der Waals surface area contributed by atoms with Crippen LogP contribution in [0, 0.1) is 13.8 Å². The van der Waals surface area contributed by atoms with Crippen LogP contribution in [0.3, 0.4) is 0 Å². The molecule has 0 radical (unpaired) electrons. The monoisotopic (exact) mass is 393 g/mol. The molecule has 4 nitrogen and oxygen atoms in total. The van der Waals surface area contributed by atoms with Crippen molar-refractivity contribution in [3.63, 3.8) is 0 Å². The number of fused-ring (bicyclic) bond motifs is 1. The summed E-state index contributed by atoms with van der Waals surface area (Å²) in [5.74, 6) is 0.854. The molecule has 0 aliphatic rings. The average molecular weight is 394 g/mol. The normalized spacial score (nSPS) is 11.1. The summed E-state index contributed by atoms with van der Waals surface area (Å²) in [6.45, 7) is 4.62. The highest BCUT2D eigenvalue weighted by atomic mass is 35.5. The van der Waals surface area contributed by atoms with Crippen LogP contribution in [-0.4, -0.2) is 10.8 Å². The zero-order valence-corrected chi connectivity index (χ0v) is 16.5. The molecule has 0 spiro atoms.